The van der Waals surface area contributed by atoms with Crippen molar-refractivity contribution in [3.63, 3.8) is 0 Å². The Morgan fingerprint density at radius 1 is 0.349 bits per heavy atom. The molecule has 0 atom stereocenters. The summed E-state index contributed by atoms with van der Waals surface area (Å²) < 4.78 is 7.05. The predicted molar refractivity (Wildman–Crippen MR) is 262 cm³/mol. The van der Waals surface area contributed by atoms with E-state index in [0.29, 0.717) is 22.3 Å². The maximum Gasteiger partial charge on any atom is 0.102 e. The van der Waals surface area contributed by atoms with Gasteiger partial charge in [-0.3, -0.25) is 0 Å². The Morgan fingerprint density at radius 2 is 0.825 bits per heavy atom. The molecule has 0 aliphatic carbocycles. The molecular formula is C57H30N4S2. The first-order chi connectivity index (χ1) is 31.1. The molecule has 0 aliphatic rings. The molecule has 0 fully saturated rings. The zero-order valence-electron chi connectivity index (χ0n) is 33.4. The summed E-state index contributed by atoms with van der Waals surface area (Å²) in [7, 11) is 0. The van der Waals surface area contributed by atoms with E-state index in [0.717, 1.165) is 86.6 Å². The zero-order valence-corrected chi connectivity index (χ0v) is 35.1. The van der Waals surface area contributed by atoms with Gasteiger partial charge in [-0.25, -0.2) is 0 Å². The van der Waals surface area contributed by atoms with Crippen molar-refractivity contribution >= 4 is 84.8 Å². The van der Waals surface area contributed by atoms with Gasteiger partial charge in [-0.05, 0) is 52.1 Å². The molecule has 3 aromatic heterocycles. The van der Waals surface area contributed by atoms with Gasteiger partial charge in [-0.15, -0.1) is 22.7 Å². The van der Waals surface area contributed by atoms with Crippen molar-refractivity contribution < 1.29 is 0 Å². The van der Waals surface area contributed by atoms with Crippen molar-refractivity contribution in [3.8, 4) is 68.4 Å². The van der Waals surface area contributed by atoms with E-state index in [2.05, 4.69) is 132 Å². The van der Waals surface area contributed by atoms with E-state index in [1.165, 1.54) is 20.2 Å². The van der Waals surface area contributed by atoms with Crippen molar-refractivity contribution in [2.45, 2.75) is 0 Å². The third kappa shape index (κ3) is 5.49. The smallest absolute Gasteiger partial charge is 0.102 e. The number of rotatable bonds is 5. The van der Waals surface area contributed by atoms with Gasteiger partial charge in [0.25, 0.3) is 0 Å². The molecule has 290 valence electrons. The molecule has 63 heavy (non-hydrogen) atoms. The summed E-state index contributed by atoms with van der Waals surface area (Å²) >= 11 is 3.56. The lowest BCUT2D eigenvalue weighted by Crippen LogP contribution is -2.08. The van der Waals surface area contributed by atoms with Crippen molar-refractivity contribution in [2.24, 2.45) is 0 Å². The summed E-state index contributed by atoms with van der Waals surface area (Å²) in [5, 5.41) is 39.9. The van der Waals surface area contributed by atoms with Crippen LogP contribution in [-0.2, 0) is 0 Å². The van der Waals surface area contributed by atoms with E-state index in [1.807, 2.05) is 66.7 Å². The molecular weight excluding hydrogens is 805 g/mol. The van der Waals surface area contributed by atoms with Crippen LogP contribution in [0.1, 0.15) is 16.7 Å². The fraction of sp³-hybridized carbons (Fsp3) is 0. The Balaban J connectivity index is 1.33. The highest BCUT2D eigenvalue weighted by Gasteiger charge is 2.31. The molecule has 0 aliphatic heterocycles. The average Bonchev–Trinajstić information content (AvgIpc) is 4.03. The van der Waals surface area contributed by atoms with Crippen LogP contribution >= 0.6 is 22.7 Å². The number of hydrogen-bond donors (Lipinski definition) is 0. The van der Waals surface area contributed by atoms with E-state index in [4.69, 9.17) is 0 Å². The van der Waals surface area contributed by atoms with Crippen LogP contribution in [-0.4, -0.2) is 4.57 Å². The summed E-state index contributed by atoms with van der Waals surface area (Å²) in [6.45, 7) is 0. The normalized spacial score (nSPS) is 11.4. The van der Waals surface area contributed by atoms with Crippen LogP contribution in [0.2, 0.25) is 0 Å². The summed E-state index contributed by atoms with van der Waals surface area (Å²) in [6.07, 6.45) is 0. The zero-order chi connectivity index (χ0) is 42.2. The quantitative estimate of drug-likeness (QED) is 0.173. The lowest BCUT2D eigenvalue weighted by Gasteiger charge is -2.24. The van der Waals surface area contributed by atoms with Gasteiger partial charge in [0.1, 0.15) is 12.1 Å². The van der Waals surface area contributed by atoms with Crippen LogP contribution in [0.15, 0.2) is 182 Å². The molecule has 3 heterocycles. The lowest BCUT2D eigenvalue weighted by molar-refractivity contribution is 1.18. The van der Waals surface area contributed by atoms with Crippen LogP contribution < -0.4 is 0 Å². The van der Waals surface area contributed by atoms with E-state index < -0.39 is 0 Å². The molecule has 12 aromatic rings. The summed E-state index contributed by atoms with van der Waals surface area (Å²) in [6, 6.07) is 69.8. The number of nitriles is 3. The molecule has 9 aromatic carbocycles. The Labute approximate surface area is 370 Å². The monoisotopic (exact) mass is 834 g/mol. The highest BCUT2D eigenvalue weighted by atomic mass is 32.1. The minimum atomic E-state index is 0.430. The third-order valence-electron chi connectivity index (χ3n) is 12.3. The maximum atomic E-state index is 11.8. The van der Waals surface area contributed by atoms with E-state index in [-0.39, 0.29) is 0 Å². The molecule has 0 saturated heterocycles. The van der Waals surface area contributed by atoms with Crippen LogP contribution in [0, 0.1) is 34.0 Å². The Hall–Kier alpha value is -8.31. The number of aromatic nitrogens is 1. The average molecular weight is 835 g/mol. The lowest BCUT2D eigenvalue weighted by atomic mass is 9.81. The van der Waals surface area contributed by atoms with Gasteiger partial charge in [0, 0.05) is 58.4 Å². The Kier molecular flexibility index (Phi) is 8.36. The third-order valence-corrected chi connectivity index (χ3v) is 14.7. The highest BCUT2D eigenvalue weighted by Crippen LogP contribution is 2.52. The van der Waals surface area contributed by atoms with Gasteiger partial charge in [0.2, 0.25) is 0 Å². The minimum absolute atomic E-state index is 0.430. The standard InChI is InChI=1S/C57H30N4S2/c58-31-34-12-11-17-39(30-34)35-22-24-38(25-23-35)51-46(32-59)50(36-13-3-1-4-14-36)47(33-60)53(52(51)37-15-5-2-6-16-37)61-54-42(26-28-44-40-18-7-9-20-48(40)62-56(44)54)43-27-29-45-41-19-8-10-21-49(41)63-57(45)55(43)61/h1-30H. The van der Waals surface area contributed by atoms with Gasteiger partial charge in [0.05, 0.1) is 48.9 Å². The summed E-state index contributed by atoms with van der Waals surface area (Å²) in [5.74, 6) is 0. The van der Waals surface area contributed by atoms with Crippen LogP contribution in [0.5, 0.6) is 0 Å². The van der Waals surface area contributed by atoms with E-state index in [1.54, 1.807) is 28.7 Å². The molecule has 0 saturated carbocycles. The number of hydrogen-bond acceptors (Lipinski definition) is 5. The number of nitrogens with zero attached hydrogens (tertiary/aromatic N) is 4. The number of benzene rings is 9. The summed E-state index contributed by atoms with van der Waals surface area (Å²) in [5.41, 5.74) is 10.8. The first-order valence-corrected chi connectivity index (χ1v) is 22.2. The maximum absolute atomic E-state index is 11.8. The van der Waals surface area contributed by atoms with Crippen molar-refractivity contribution in [3.05, 3.63) is 199 Å². The molecule has 0 unspecified atom stereocenters. The molecule has 12 rings (SSSR count). The van der Waals surface area contributed by atoms with Crippen LogP contribution in [0.4, 0.5) is 0 Å². The topological polar surface area (TPSA) is 76.3 Å². The number of thiophene rings is 2. The van der Waals surface area contributed by atoms with E-state index >= 15 is 0 Å². The van der Waals surface area contributed by atoms with Gasteiger partial charge in [-0.2, -0.15) is 15.8 Å². The van der Waals surface area contributed by atoms with Gasteiger partial charge in [-0.1, -0.05) is 158 Å². The van der Waals surface area contributed by atoms with Crippen molar-refractivity contribution in [1.29, 1.82) is 15.8 Å². The molecule has 0 bridgehead atoms. The minimum Gasteiger partial charge on any atom is -0.304 e. The van der Waals surface area contributed by atoms with Crippen LogP contribution in [0.25, 0.3) is 112 Å². The Bertz CT molecular complexity index is 3860. The molecule has 0 spiro atoms. The molecule has 4 nitrogen and oxygen atoms in total. The fourth-order valence-electron chi connectivity index (χ4n) is 9.61. The van der Waals surface area contributed by atoms with Crippen LogP contribution in [0.3, 0.4) is 0 Å². The fourth-order valence-corrected chi connectivity index (χ4v) is 12.1. The molecule has 6 heteroatoms. The Morgan fingerprint density at radius 3 is 1.38 bits per heavy atom. The molecule has 0 radical (unpaired) electrons. The van der Waals surface area contributed by atoms with Gasteiger partial charge < -0.3 is 4.57 Å². The van der Waals surface area contributed by atoms with Gasteiger partial charge in [0.15, 0.2) is 0 Å². The SMILES string of the molecule is N#Cc1cccc(-c2ccc(-c3c(C#N)c(-c4ccccc4)c(C#N)c(-n4c5c(ccc6c7ccccc7sc65)c5ccc6c7ccccc7sc6c54)c3-c3ccccc3)cc2)c1. The summed E-state index contributed by atoms with van der Waals surface area (Å²) in [4.78, 5) is 0. The second kappa shape index (κ2) is 14.4. The highest BCUT2D eigenvalue weighted by molar-refractivity contribution is 7.27. The first kappa shape index (κ1) is 36.5. The first-order valence-electron chi connectivity index (χ1n) is 20.6. The number of fused-ring (bicyclic) bond motifs is 11. The van der Waals surface area contributed by atoms with Crippen molar-refractivity contribution in [1.82, 2.24) is 4.57 Å². The second-order valence-corrected chi connectivity index (χ2v) is 17.8. The van der Waals surface area contributed by atoms with E-state index in [9.17, 15) is 15.8 Å². The van der Waals surface area contributed by atoms with Gasteiger partial charge >= 0.3 is 0 Å². The molecule has 0 N–H and O–H groups in total. The largest absolute Gasteiger partial charge is 0.304 e. The second-order valence-electron chi connectivity index (χ2n) is 15.7. The predicted octanol–water partition coefficient (Wildman–Crippen LogP) is 15.8. The van der Waals surface area contributed by atoms with Crippen molar-refractivity contribution in [2.75, 3.05) is 0 Å². The molecule has 0 amide bonds.